The van der Waals surface area contributed by atoms with E-state index in [2.05, 4.69) is 11.9 Å². The molecule has 0 fully saturated rings. The zero-order valence-corrected chi connectivity index (χ0v) is 10.3. The Kier molecular flexibility index (Phi) is 4.86. The molecule has 0 aliphatic carbocycles. The van der Waals surface area contributed by atoms with E-state index in [9.17, 15) is 0 Å². The van der Waals surface area contributed by atoms with Crippen LogP contribution in [-0.4, -0.2) is 5.71 Å². The van der Waals surface area contributed by atoms with Crippen LogP contribution in [0.25, 0.3) is 0 Å². The lowest BCUT2D eigenvalue weighted by molar-refractivity contribution is 1.21. The van der Waals surface area contributed by atoms with Gasteiger partial charge in [0.25, 0.3) is 0 Å². The fourth-order valence-corrected chi connectivity index (χ4v) is 1.85. The van der Waals surface area contributed by atoms with Crippen molar-refractivity contribution < 1.29 is 0 Å². The minimum Gasteiger partial charge on any atom is -0.261 e. The molecule has 0 heterocycles. The average Bonchev–Trinajstić information content (AvgIpc) is 2.18. The molecule has 0 radical (unpaired) electrons. The molecule has 0 aliphatic heterocycles. The molecule has 80 valence electrons. The van der Waals surface area contributed by atoms with Crippen molar-refractivity contribution in [2.75, 3.05) is 0 Å². The molecule has 1 aromatic rings. The second kappa shape index (κ2) is 5.94. The molecule has 0 saturated carbocycles. The Labute approximate surface area is 100 Å². The Morgan fingerprint density at radius 2 is 1.93 bits per heavy atom. The van der Waals surface area contributed by atoms with Gasteiger partial charge in [0, 0.05) is 17.5 Å². The molecule has 1 aromatic carbocycles. The molecular weight excluding hydrogens is 229 g/mol. The van der Waals surface area contributed by atoms with E-state index in [4.69, 9.17) is 23.2 Å². The highest BCUT2D eigenvalue weighted by Crippen LogP contribution is 2.24. The van der Waals surface area contributed by atoms with Crippen LogP contribution in [0.3, 0.4) is 0 Å². The van der Waals surface area contributed by atoms with Crippen LogP contribution < -0.4 is 0 Å². The number of benzene rings is 1. The van der Waals surface area contributed by atoms with Crippen LogP contribution in [-0.2, 0) is 0 Å². The number of hydrogen-bond acceptors (Lipinski definition) is 1. The number of nitrogens with zero attached hydrogens (tertiary/aromatic N) is 1. The number of halogens is 2. The van der Waals surface area contributed by atoms with Crippen molar-refractivity contribution in [3.63, 3.8) is 0 Å². The summed E-state index contributed by atoms with van der Waals surface area (Å²) < 4.78 is 0. The van der Waals surface area contributed by atoms with E-state index in [1.165, 1.54) is 0 Å². The van der Waals surface area contributed by atoms with Gasteiger partial charge in [0.15, 0.2) is 0 Å². The fourth-order valence-electron chi connectivity index (χ4n) is 1.18. The van der Waals surface area contributed by atoms with Gasteiger partial charge in [-0.2, -0.15) is 0 Å². The lowest BCUT2D eigenvalue weighted by atomic mass is 10.1. The zero-order valence-electron chi connectivity index (χ0n) is 8.80. The summed E-state index contributed by atoms with van der Waals surface area (Å²) >= 11 is 12.1. The van der Waals surface area contributed by atoms with Crippen molar-refractivity contribution in [2.45, 2.75) is 20.3 Å². The third-order valence-corrected chi connectivity index (χ3v) is 2.56. The van der Waals surface area contributed by atoms with E-state index in [-0.39, 0.29) is 0 Å². The normalized spacial score (nSPS) is 12.4. The third-order valence-electron chi connectivity index (χ3n) is 1.93. The summed E-state index contributed by atoms with van der Waals surface area (Å²) in [6, 6.07) is 5.44. The van der Waals surface area contributed by atoms with Crippen LogP contribution in [0.4, 0.5) is 0 Å². The molecule has 15 heavy (non-hydrogen) atoms. The van der Waals surface area contributed by atoms with Crippen LogP contribution >= 0.6 is 23.2 Å². The predicted molar refractivity (Wildman–Crippen MR) is 68.1 cm³/mol. The van der Waals surface area contributed by atoms with Gasteiger partial charge >= 0.3 is 0 Å². The fraction of sp³-hybridized carbons (Fsp3) is 0.250. The zero-order chi connectivity index (χ0) is 11.3. The second-order valence-corrected chi connectivity index (χ2v) is 3.92. The highest BCUT2D eigenvalue weighted by atomic mass is 35.5. The molecule has 0 bridgehead atoms. The molecule has 0 spiro atoms. The molecular formula is C12H13Cl2N. The summed E-state index contributed by atoms with van der Waals surface area (Å²) in [7, 11) is 0. The van der Waals surface area contributed by atoms with Gasteiger partial charge in [0.05, 0.1) is 10.0 Å². The molecule has 0 aliphatic rings. The van der Waals surface area contributed by atoms with Gasteiger partial charge < -0.3 is 0 Å². The quantitative estimate of drug-likeness (QED) is 0.679. The van der Waals surface area contributed by atoms with E-state index in [1.807, 2.05) is 31.2 Å². The number of aliphatic imine (C=N–C) groups is 1. The number of hydrogen-bond donors (Lipinski definition) is 0. The number of allylic oxidation sites excluding steroid dienone is 1. The first-order chi connectivity index (χ1) is 7.16. The highest BCUT2D eigenvalue weighted by Gasteiger charge is 2.07. The Morgan fingerprint density at radius 1 is 1.33 bits per heavy atom. The van der Waals surface area contributed by atoms with Crippen LogP contribution in [0.15, 0.2) is 35.5 Å². The standard InChI is InChI=1S/C12H13Cl2N/c1-3-4-8-15-9(2)12-10(13)6-5-7-11(12)14/h4-8H,3H2,1-2H3/b8-4+,15-9?. The average molecular weight is 242 g/mol. The molecule has 0 unspecified atom stereocenters. The smallest absolute Gasteiger partial charge is 0.0511 e. The molecule has 3 heteroatoms. The summed E-state index contributed by atoms with van der Waals surface area (Å²) in [5.74, 6) is 0. The van der Waals surface area contributed by atoms with Gasteiger partial charge in [-0.15, -0.1) is 0 Å². The molecule has 0 amide bonds. The lowest BCUT2D eigenvalue weighted by Crippen LogP contribution is -1.96. The van der Waals surface area contributed by atoms with Gasteiger partial charge in [-0.25, -0.2) is 0 Å². The van der Waals surface area contributed by atoms with Crippen molar-refractivity contribution in [1.29, 1.82) is 0 Å². The highest BCUT2D eigenvalue weighted by molar-refractivity contribution is 6.40. The van der Waals surface area contributed by atoms with Crippen molar-refractivity contribution in [2.24, 2.45) is 4.99 Å². The third kappa shape index (κ3) is 3.37. The van der Waals surface area contributed by atoms with E-state index in [0.717, 1.165) is 17.7 Å². The Hall–Kier alpha value is -0.790. The van der Waals surface area contributed by atoms with Crippen LogP contribution in [0.5, 0.6) is 0 Å². The number of rotatable bonds is 3. The molecule has 0 atom stereocenters. The van der Waals surface area contributed by atoms with Crippen LogP contribution in [0, 0.1) is 0 Å². The lowest BCUT2D eigenvalue weighted by Gasteiger charge is -2.04. The van der Waals surface area contributed by atoms with Gasteiger partial charge in [-0.3, -0.25) is 4.99 Å². The largest absolute Gasteiger partial charge is 0.261 e. The Bertz CT molecular complexity index is 374. The minimum absolute atomic E-state index is 0.633. The van der Waals surface area contributed by atoms with Gasteiger partial charge in [0.2, 0.25) is 0 Å². The molecule has 0 saturated heterocycles. The van der Waals surface area contributed by atoms with Gasteiger partial charge in [-0.05, 0) is 25.5 Å². The monoisotopic (exact) mass is 241 g/mol. The molecule has 0 aromatic heterocycles. The first kappa shape index (κ1) is 12.3. The van der Waals surface area contributed by atoms with Crippen LogP contribution in [0.2, 0.25) is 10.0 Å². The topological polar surface area (TPSA) is 12.4 Å². The molecule has 1 rings (SSSR count). The maximum atomic E-state index is 6.05. The Morgan fingerprint density at radius 3 is 2.47 bits per heavy atom. The maximum Gasteiger partial charge on any atom is 0.0511 e. The predicted octanol–water partition coefficient (Wildman–Crippen LogP) is 4.73. The van der Waals surface area contributed by atoms with E-state index >= 15 is 0 Å². The molecule has 1 nitrogen and oxygen atoms in total. The van der Waals surface area contributed by atoms with E-state index < -0.39 is 0 Å². The molecule has 0 N–H and O–H groups in total. The summed E-state index contributed by atoms with van der Waals surface area (Å²) in [4.78, 5) is 4.27. The van der Waals surface area contributed by atoms with Crippen molar-refractivity contribution in [3.05, 3.63) is 46.1 Å². The van der Waals surface area contributed by atoms with Crippen molar-refractivity contribution in [1.82, 2.24) is 0 Å². The van der Waals surface area contributed by atoms with Gasteiger partial charge in [-0.1, -0.05) is 42.3 Å². The summed E-state index contributed by atoms with van der Waals surface area (Å²) in [5, 5.41) is 1.27. The van der Waals surface area contributed by atoms with Crippen molar-refractivity contribution >= 4 is 28.9 Å². The summed E-state index contributed by atoms with van der Waals surface area (Å²) in [6.45, 7) is 3.96. The second-order valence-electron chi connectivity index (χ2n) is 3.10. The SMILES string of the molecule is CC/C=C/N=C(C)c1c(Cl)cccc1Cl. The van der Waals surface area contributed by atoms with Crippen molar-refractivity contribution in [3.8, 4) is 0 Å². The van der Waals surface area contributed by atoms with Crippen LogP contribution in [0.1, 0.15) is 25.8 Å². The summed E-state index contributed by atoms with van der Waals surface area (Å²) in [5.41, 5.74) is 1.64. The van der Waals surface area contributed by atoms with E-state index in [1.54, 1.807) is 6.20 Å². The first-order valence-electron chi connectivity index (χ1n) is 4.80. The van der Waals surface area contributed by atoms with E-state index in [0.29, 0.717) is 10.0 Å². The first-order valence-corrected chi connectivity index (χ1v) is 5.56. The summed E-state index contributed by atoms with van der Waals surface area (Å²) in [6.07, 6.45) is 4.72. The van der Waals surface area contributed by atoms with Gasteiger partial charge in [0.1, 0.15) is 0 Å². The maximum absolute atomic E-state index is 6.05. The Balaban J connectivity index is 3.05. The minimum atomic E-state index is 0.633.